The van der Waals surface area contributed by atoms with Crippen molar-refractivity contribution in [3.05, 3.63) is 89.4 Å². The Hall–Kier alpha value is -2.87. The molecule has 0 saturated carbocycles. The van der Waals surface area contributed by atoms with Gasteiger partial charge in [-0.2, -0.15) is 0 Å². The quantitative estimate of drug-likeness (QED) is 0.492. The Morgan fingerprint density at radius 2 is 1.55 bits per heavy atom. The lowest BCUT2D eigenvalue weighted by Gasteiger charge is -2.19. The van der Waals surface area contributed by atoms with Crippen LogP contribution in [0.15, 0.2) is 83.8 Å². The lowest BCUT2D eigenvalue weighted by Crippen LogP contribution is -2.31. The van der Waals surface area contributed by atoms with Crippen molar-refractivity contribution in [2.45, 2.75) is 17.4 Å². The van der Waals surface area contributed by atoms with Crippen LogP contribution in [0, 0.1) is 0 Å². The van der Waals surface area contributed by atoms with E-state index in [9.17, 15) is 18.3 Å². The van der Waals surface area contributed by atoms with E-state index in [-0.39, 0.29) is 22.8 Å². The zero-order chi connectivity index (χ0) is 20.9. The lowest BCUT2D eigenvalue weighted by molar-refractivity contribution is -0.116. The number of carbonyl (C=O) groups excluding carboxylic acids is 1. The summed E-state index contributed by atoms with van der Waals surface area (Å²) in [5.41, 5.74) is 0.891. The predicted octanol–water partition coefficient (Wildman–Crippen LogP) is 4.09. The summed E-state index contributed by atoms with van der Waals surface area (Å²) in [7, 11) is -3.89. The third kappa shape index (κ3) is 5.57. The second-order valence-corrected chi connectivity index (χ2v) is 8.46. The number of carbonyl (C=O) groups is 1. The van der Waals surface area contributed by atoms with Gasteiger partial charge in [0, 0.05) is 11.4 Å². The second-order valence-electron chi connectivity index (χ2n) is 6.31. The molecular formula is C21H19ClN2O4S. The number of phenols is 1. The number of sulfonamides is 1. The lowest BCUT2D eigenvalue weighted by atomic mass is 10.0. The Kier molecular flexibility index (Phi) is 6.53. The van der Waals surface area contributed by atoms with Crippen LogP contribution in [0.25, 0.3) is 0 Å². The minimum Gasteiger partial charge on any atom is -0.506 e. The second kappa shape index (κ2) is 9.09. The van der Waals surface area contributed by atoms with Gasteiger partial charge >= 0.3 is 0 Å². The molecular weight excluding hydrogens is 412 g/mol. The Morgan fingerprint density at radius 3 is 2.21 bits per heavy atom. The topological polar surface area (TPSA) is 95.5 Å². The van der Waals surface area contributed by atoms with Crippen LogP contribution < -0.4 is 10.0 Å². The smallest absolute Gasteiger partial charge is 0.241 e. The first-order valence-electron chi connectivity index (χ1n) is 8.76. The average molecular weight is 431 g/mol. The molecule has 29 heavy (non-hydrogen) atoms. The van der Waals surface area contributed by atoms with Gasteiger partial charge in [-0.25, -0.2) is 13.1 Å². The van der Waals surface area contributed by atoms with E-state index in [0.29, 0.717) is 10.6 Å². The van der Waals surface area contributed by atoms with Gasteiger partial charge in [-0.05, 0) is 42.0 Å². The van der Waals surface area contributed by atoms with Crippen molar-refractivity contribution in [2.24, 2.45) is 0 Å². The van der Waals surface area contributed by atoms with Crippen molar-refractivity contribution >= 4 is 33.2 Å². The highest BCUT2D eigenvalue weighted by Crippen LogP contribution is 2.25. The van der Waals surface area contributed by atoms with Crippen LogP contribution in [0.3, 0.4) is 0 Å². The van der Waals surface area contributed by atoms with Crippen LogP contribution in [0.5, 0.6) is 5.75 Å². The average Bonchev–Trinajstić information content (AvgIpc) is 2.70. The van der Waals surface area contributed by atoms with Crippen molar-refractivity contribution < 1.29 is 18.3 Å². The van der Waals surface area contributed by atoms with E-state index in [1.54, 1.807) is 48.5 Å². The molecule has 0 radical (unpaired) electrons. The molecule has 8 heteroatoms. The molecule has 3 N–H and O–H groups in total. The van der Waals surface area contributed by atoms with Gasteiger partial charge in [0.15, 0.2) is 0 Å². The molecule has 0 bridgehead atoms. The van der Waals surface area contributed by atoms with Crippen molar-refractivity contribution in [3.63, 3.8) is 0 Å². The number of halogens is 1. The summed E-state index contributed by atoms with van der Waals surface area (Å²) in [6, 6.07) is 20.1. The number of hydrogen-bond acceptors (Lipinski definition) is 4. The van der Waals surface area contributed by atoms with Gasteiger partial charge in [-0.3, -0.25) is 4.79 Å². The van der Waals surface area contributed by atoms with Gasteiger partial charge in [0.25, 0.3) is 0 Å². The first-order valence-corrected chi connectivity index (χ1v) is 10.6. The number of phenolic OH excluding ortho intramolecular Hbond substituents is 1. The molecule has 1 amide bonds. The van der Waals surface area contributed by atoms with E-state index >= 15 is 0 Å². The number of para-hydroxylation sites is 2. The van der Waals surface area contributed by atoms with Gasteiger partial charge in [-0.15, -0.1) is 0 Å². The molecule has 0 spiro atoms. The van der Waals surface area contributed by atoms with E-state index in [0.717, 1.165) is 0 Å². The summed E-state index contributed by atoms with van der Waals surface area (Å²) in [5, 5.41) is 12.9. The molecule has 0 aliphatic carbocycles. The molecule has 1 atom stereocenters. The van der Waals surface area contributed by atoms with Crippen molar-refractivity contribution in [3.8, 4) is 5.75 Å². The fourth-order valence-corrected chi connectivity index (χ4v) is 4.10. The molecule has 0 saturated heterocycles. The highest BCUT2D eigenvalue weighted by molar-refractivity contribution is 7.89. The molecule has 0 aliphatic rings. The summed E-state index contributed by atoms with van der Waals surface area (Å²) in [6.07, 6.45) is -0.162. The number of anilines is 1. The van der Waals surface area contributed by atoms with Gasteiger partial charge in [0.2, 0.25) is 15.9 Å². The van der Waals surface area contributed by atoms with E-state index in [1.807, 2.05) is 0 Å². The number of nitrogens with one attached hydrogen (secondary N) is 2. The third-order valence-electron chi connectivity index (χ3n) is 4.19. The summed E-state index contributed by atoms with van der Waals surface area (Å²) >= 11 is 5.83. The maximum atomic E-state index is 12.8. The minimum atomic E-state index is -3.89. The molecule has 1 unspecified atom stereocenters. The zero-order valence-electron chi connectivity index (χ0n) is 15.2. The normalized spacial score (nSPS) is 12.3. The number of hydrogen-bond donors (Lipinski definition) is 3. The van der Waals surface area contributed by atoms with Gasteiger partial charge in [0.1, 0.15) is 5.75 Å². The fourth-order valence-electron chi connectivity index (χ4n) is 2.75. The standard InChI is InChI=1S/C21H19ClN2O4S/c22-16-10-12-17(13-11-16)29(27,28)24-19(15-6-2-1-3-7-15)14-21(26)23-18-8-4-5-9-20(18)25/h1-13,19,24-25H,14H2,(H,23,26). The van der Waals surface area contributed by atoms with Gasteiger partial charge in [0.05, 0.1) is 16.6 Å². The number of aromatic hydroxyl groups is 1. The van der Waals surface area contributed by atoms with E-state index < -0.39 is 22.0 Å². The maximum absolute atomic E-state index is 12.8. The van der Waals surface area contributed by atoms with Gasteiger partial charge in [-0.1, -0.05) is 54.1 Å². The van der Waals surface area contributed by atoms with Crippen LogP contribution in [0.4, 0.5) is 5.69 Å². The highest BCUT2D eigenvalue weighted by atomic mass is 35.5. The largest absolute Gasteiger partial charge is 0.506 e. The fraction of sp³-hybridized carbons (Fsp3) is 0.0952. The number of amides is 1. The van der Waals surface area contributed by atoms with Crippen molar-refractivity contribution in [1.82, 2.24) is 4.72 Å². The molecule has 3 aromatic rings. The molecule has 0 aromatic heterocycles. The summed E-state index contributed by atoms with van der Waals surface area (Å²) < 4.78 is 28.2. The Morgan fingerprint density at radius 1 is 0.931 bits per heavy atom. The van der Waals surface area contributed by atoms with Crippen LogP contribution >= 0.6 is 11.6 Å². The minimum absolute atomic E-state index is 0.0453. The third-order valence-corrected chi connectivity index (χ3v) is 5.93. The Bertz CT molecular complexity index is 1090. The van der Waals surface area contributed by atoms with Crippen molar-refractivity contribution in [1.29, 1.82) is 0 Å². The molecule has 6 nitrogen and oxygen atoms in total. The Balaban J connectivity index is 1.82. The number of rotatable bonds is 7. The van der Waals surface area contributed by atoms with Gasteiger partial charge < -0.3 is 10.4 Å². The zero-order valence-corrected chi connectivity index (χ0v) is 16.8. The highest BCUT2D eigenvalue weighted by Gasteiger charge is 2.24. The molecule has 150 valence electrons. The SMILES string of the molecule is O=C(CC(NS(=O)(=O)c1ccc(Cl)cc1)c1ccccc1)Nc1ccccc1O. The van der Waals surface area contributed by atoms with Crippen LogP contribution in [-0.4, -0.2) is 19.4 Å². The maximum Gasteiger partial charge on any atom is 0.241 e. The van der Waals surface area contributed by atoms with E-state index in [2.05, 4.69) is 10.0 Å². The summed E-state index contributed by atoms with van der Waals surface area (Å²) in [6.45, 7) is 0. The first-order chi connectivity index (χ1) is 13.8. The van der Waals surface area contributed by atoms with Crippen LogP contribution in [-0.2, 0) is 14.8 Å². The monoisotopic (exact) mass is 430 g/mol. The number of benzene rings is 3. The molecule has 0 aliphatic heterocycles. The first kappa shape index (κ1) is 20.9. The van der Waals surface area contributed by atoms with E-state index in [4.69, 9.17) is 11.6 Å². The molecule has 0 heterocycles. The van der Waals surface area contributed by atoms with E-state index in [1.165, 1.54) is 30.3 Å². The molecule has 3 rings (SSSR count). The summed E-state index contributed by atoms with van der Waals surface area (Å²) in [5.74, 6) is -0.516. The molecule has 0 fully saturated rings. The van der Waals surface area contributed by atoms with Crippen molar-refractivity contribution in [2.75, 3.05) is 5.32 Å². The molecule has 3 aromatic carbocycles. The van der Waals surface area contributed by atoms with Crippen LogP contribution in [0.1, 0.15) is 18.0 Å². The Labute approximate surface area is 174 Å². The summed E-state index contributed by atoms with van der Waals surface area (Å²) in [4.78, 5) is 12.6. The van der Waals surface area contributed by atoms with Crippen LogP contribution in [0.2, 0.25) is 5.02 Å². The predicted molar refractivity (Wildman–Crippen MR) is 112 cm³/mol.